The molecule has 174 valence electrons. The summed E-state index contributed by atoms with van der Waals surface area (Å²) >= 11 is 6.17. The predicted molar refractivity (Wildman–Crippen MR) is 149 cm³/mol. The molecule has 0 bridgehead atoms. The molecule has 0 fully saturated rings. The lowest BCUT2D eigenvalue weighted by Crippen LogP contribution is -2.10. The molecule has 0 saturated heterocycles. The summed E-state index contributed by atoms with van der Waals surface area (Å²) in [6.07, 6.45) is 2.22. The molecular weight excluding hydrogens is 432 g/mol. The van der Waals surface area contributed by atoms with Crippen LogP contribution in [0.1, 0.15) is 62.3 Å². The van der Waals surface area contributed by atoms with Crippen LogP contribution in [0.15, 0.2) is 91.0 Å². The Kier molecular flexibility index (Phi) is 7.29. The van der Waals surface area contributed by atoms with Crippen molar-refractivity contribution in [3.05, 3.63) is 118 Å². The molecule has 34 heavy (non-hydrogen) atoms. The maximum atomic E-state index is 6.17. The maximum Gasteiger partial charge on any atom is 0.0435 e. The molecule has 0 aromatic heterocycles. The van der Waals surface area contributed by atoms with E-state index in [-0.39, 0.29) is 5.41 Å². The van der Waals surface area contributed by atoms with E-state index in [1.165, 1.54) is 38.9 Å². The van der Waals surface area contributed by atoms with E-state index in [4.69, 9.17) is 11.6 Å². The highest BCUT2D eigenvalue weighted by Gasteiger charge is 2.13. The first kappa shape index (κ1) is 24.3. The smallest absolute Gasteiger partial charge is 0.0435 e. The van der Waals surface area contributed by atoms with Crippen LogP contribution in [0.2, 0.25) is 5.02 Å². The molecule has 0 N–H and O–H groups in total. The second kappa shape index (κ2) is 10.2. The summed E-state index contributed by atoms with van der Waals surface area (Å²) in [6, 6.07) is 33.3. The van der Waals surface area contributed by atoms with Crippen molar-refractivity contribution >= 4 is 11.6 Å². The molecule has 0 aliphatic carbocycles. The van der Waals surface area contributed by atoms with E-state index >= 15 is 0 Å². The monoisotopic (exact) mass is 466 g/mol. The van der Waals surface area contributed by atoms with Crippen molar-refractivity contribution in [1.82, 2.24) is 0 Å². The quantitative estimate of drug-likeness (QED) is 0.265. The highest BCUT2D eigenvalue weighted by molar-refractivity contribution is 6.31. The van der Waals surface area contributed by atoms with Crippen LogP contribution in [0, 0.1) is 6.92 Å². The average Bonchev–Trinajstić information content (AvgIpc) is 2.84. The van der Waals surface area contributed by atoms with Gasteiger partial charge in [0.05, 0.1) is 0 Å². The standard InChI is InChI=1S/C33H35Cl/c1-23(6-7-25-8-10-29(11-9-25)30-18-21-32(34)24(2)22-30)26-12-14-27(15-13-26)28-16-19-31(20-17-28)33(3,4)5/h8-23H,6-7H2,1-5H3. The van der Waals surface area contributed by atoms with E-state index in [2.05, 4.69) is 120 Å². The minimum Gasteiger partial charge on any atom is -0.0841 e. The second-order valence-electron chi connectivity index (χ2n) is 10.5. The summed E-state index contributed by atoms with van der Waals surface area (Å²) in [5, 5.41) is 0.820. The second-order valence-corrected chi connectivity index (χ2v) is 11.0. The first-order valence-corrected chi connectivity index (χ1v) is 12.6. The molecule has 1 atom stereocenters. The van der Waals surface area contributed by atoms with Crippen LogP contribution in [0.5, 0.6) is 0 Å². The van der Waals surface area contributed by atoms with Crippen molar-refractivity contribution in [3.8, 4) is 22.3 Å². The topological polar surface area (TPSA) is 0 Å². The molecular formula is C33H35Cl. The van der Waals surface area contributed by atoms with Gasteiger partial charge in [0.15, 0.2) is 0 Å². The van der Waals surface area contributed by atoms with Crippen LogP contribution in [0.4, 0.5) is 0 Å². The molecule has 0 amide bonds. The number of hydrogen-bond acceptors (Lipinski definition) is 0. The first-order chi connectivity index (χ1) is 16.2. The van der Waals surface area contributed by atoms with Gasteiger partial charge in [-0.25, -0.2) is 0 Å². The van der Waals surface area contributed by atoms with Crippen LogP contribution in [0.25, 0.3) is 22.3 Å². The number of rotatable bonds is 6. The van der Waals surface area contributed by atoms with Crippen LogP contribution < -0.4 is 0 Å². The van der Waals surface area contributed by atoms with E-state index in [0.717, 1.165) is 23.4 Å². The largest absolute Gasteiger partial charge is 0.0841 e. The molecule has 4 aromatic carbocycles. The van der Waals surface area contributed by atoms with Crippen LogP contribution in [-0.4, -0.2) is 0 Å². The molecule has 0 saturated carbocycles. The SMILES string of the molecule is Cc1cc(-c2ccc(CCC(C)c3ccc(-c4ccc(C(C)(C)C)cc4)cc3)cc2)ccc1Cl. The summed E-state index contributed by atoms with van der Waals surface area (Å²) in [6.45, 7) is 11.2. The zero-order valence-electron chi connectivity index (χ0n) is 21.0. The minimum atomic E-state index is 0.188. The predicted octanol–water partition coefficient (Wildman–Crippen LogP) is 10.0. The van der Waals surface area contributed by atoms with Crippen LogP contribution in [-0.2, 0) is 11.8 Å². The summed E-state index contributed by atoms with van der Waals surface area (Å²) in [5.41, 5.74) is 10.5. The molecule has 0 aliphatic heterocycles. The van der Waals surface area contributed by atoms with Gasteiger partial charge in [-0.15, -0.1) is 0 Å². The van der Waals surface area contributed by atoms with Gasteiger partial charge < -0.3 is 0 Å². The highest BCUT2D eigenvalue weighted by Crippen LogP contribution is 2.29. The van der Waals surface area contributed by atoms with E-state index in [0.29, 0.717) is 5.92 Å². The van der Waals surface area contributed by atoms with Crippen molar-refractivity contribution in [3.63, 3.8) is 0 Å². The van der Waals surface area contributed by atoms with Gasteiger partial charge in [-0.3, -0.25) is 0 Å². The lowest BCUT2D eigenvalue weighted by atomic mass is 9.86. The zero-order valence-corrected chi connectivity index (χ0v) is 21.8. The van der Waals surface area contributed by atoms with Gasteiger partial charge >= 0.3 is 0 Å². The van der Waals surface area contributed by atoms with Gasteiger partial charge in [-0.1, -0.05) is 118 Å². The summed E-state index contributed by atoms with van der Waals surface area (Å²) < 4.78 is 0. The van der Waals surface area contributed by atoms with Crippen molar-refractivity contribution < 1.29 is 0 Å². The van der Waals surface area contributed by atoms with Gasteiger partial charge in [0.1, 0.15) is 0 Å². The Balaban J connectivity index is 1.36. The molecule has 0 nitrogen and oxygen atoms in total. The third-order valence-electron chi connectivity index (χ3n) is 6.88. The van der Waals surface area contributed by atoms with Crippen LogP contribution >= 0.6 is 11.6 Å². The van der Waals surface area contributed by atoms with E-state index in [1.807, 2.05) is 6.07 Å². The average molecular weight is 467 g/mol. The van der Waals surface area contributed by atoms with Gasteiger partial charge in [0.25, 0.3) is 0 Å². The lowest BCUT2D eigenvalue weighted by molar-refractivity contribution is 0.590. The summed E-state index contributed by atoms with van der Waals surface area (Å²) in [4.78, 5) is 0. The molecule has 0 aliphatic rings. The molecule has 1 heteroatoms. The van der Waals surface area contributed by atoms with Gasteiger partial charge in [-0.05, 0) is 87.7 Å². The fraction of sp³-hybridized carbons (Fsp3) is 0.273. The molecule has 4 rings (SSSR count). The van der Waals surface area contributed by atoms with Crippen molar-refractivity contribution in [2.45, 2.75) is 58.8 Å². The Morgan fingerprint density at radius 2 is 1.18 bits per heavy atom. The van der Waals surface area contributed by atoms with E-state index in [9.17, 15) is 0 Å². The third kappa shape index (κ3) is 5.80. The Morgan fingerprint density at radius 1 is 0.676 bits per heavy atom. The van der Waals surface area contributed by atoms with Gasteiger partial charge in [0, 0.05) is 5.02 Å². The van der Waals surface area contributed by atoms with Crippen molar-refractivity contribution in [1.29, 1.82) is 0 Å². The normalized spacial score (nSPS) is 12.5. The third-order valence-corrected chi connectivity index (χ3v) is 7.30. The fourth-order valence-corrected chi connectivity index (χ4v) is 4.52. The van der Waals surface area contributed by atoms with E-state index in [1.54, 1.807) is 0 Å². The van der Waals surface area contributed by atoms with Crippen molar-refractivity contribution in [2.24, 2.45) is 0 Å². The van der Waals surface area contributed by atoms with Crippen molar-refractivity contribution in [2.75, 3.05) is 0 Å². The Bertz CT molecular complexity index is 1220. The lowest BCUT2D eigenvalue weighted by Gasteiger charge is -2.19. The molecule has 0 heterocycles. The number of aryl methyl sites for hydroxylation is 2. The number of benzene rings is 4. The zero-order chi connectivity index (χ0) is 24.3. The summed E-state index contributed by atoms with van der Waals surface area (Å²) in [5.74, 6) is 0.524. The van der Waals surface area contributed by atoms with E-state index < -0.39 is 0 Å². The highest BCUT2D eigenvalue weighted by atomic mass is 35.5. The summed E-state index contributed by atoms with van der Waals surface area (Å²) in [7, 11) is 0. The molecule has 1 unspecified atom stereocenters. The Morgan fingerprint density at radius 3 is 1.74 bits per heavy atom. The molecule has 0 radical (unpaired) electrons. The maximum absolute atomic E-state index is 6.17. The van der Waals surface area contributed by atoms with Crippen LogP contribution in [0.3, 0.4) is 0 Å². The Labute approximate surface area is 210 Å². The fourth-order valence-electron chi connectivity index (χ4n) is 4.40. The van der Waals surface area contributed by atoms with Gasteiger partial charge in [-0.2, -0.15) is 0 Å². The molecule has 4 aromatic rings. The minimum absolute atomic E-state index is 0.188. The molecule has 0 spiro atoms. The number of hydrogen-bond donors (Lipinski definition) is 0. The Hall–Kier alpha value is -2.83. The number of halogens is 1. The first-order valence-electron chi connectivity index (χ1n) is 12.3. The van der Waals surface area contributed by atoms with Gasteiger partial charge in [0.2, 0.25) is 0 Å².